The molecule has 0 aromatic heterocycles. The number of aliphatic imine (C=N–C) groups is 2. The highest BCUT2D eigenvalue weighted by atomic mass is 16.2. The Labute approximate surface area is 329 Å². The molecule has 10 heteroatoms. The van der Waals surface area contributed by atoms with E-state index in [1.165, 1.54) is 116 Å². The lowest BCUT2D eigenvalue weighted by Crippen LogP contribution is -2.57. The first-order valence-electron chi connectivity index (χ1n) is 23.5. The van der Waals surface area contributed by atoms with E-state index < -0.39 is 0 Å². The van der Waals surface area contributed by atoms with Crippen molar-refractivity contribution in [3.8, 4) is 0 Å². The smallest absolute Gasteiger partial charge is 0.324 e. The monoisotopic (exact) mass is 751 g/mol. The number of hydrogen-bond donors (Lipinski definition) is 2. The molecule has 6 fully saturated rings. The summed E-state index contributed by atoms with van der Waals surface area (Å²) in [5.41, 5.74) is 0. The van der Waals surface area contributed by atoms with Crippen LogP contribution in [0.25, 0.3) is 0 Å². The molecule has 2 heterocycles. The van der Waals surface area contributed by atoms with Gasteiger partial charge in [0, 0.05) is 51.4 Å². The molecule has 54 heavy (non-hydrogen) atoms. The van der Waals surface area contributed by atoms with E-state index in [9.17, 15) is 9.59 Å². The van der Waals surface area contributed by atoms with Gasteiger partial charge in [0.2, 0.25) is 11.9 Å². The highest BCUT2D eigenvalue weighted by Gasteiger charge is 2.35. The number of urea groups is 2. The first kappa shape index (κ1) is 41.1. The van der Waals surface area contributed by atoms with Gasteiger partial charge in [-0.05, 0) is 103 Å². The normalized spacial score (nSPS) is 23.6. The number of guanidine groups is 2. The molecule has 2 aliphatic heterocycles. The summed E-state index contributed by atoms with van der Waals surface area (Å²) in [4.78, 5) is 48.2. The third-order valence-electron chi connectivity index (χ3n) is 13.4. The van der Waals surface area contributed by atoms with Crippen LogP contribution in [0.5, 0.6) is 0 Å². The Hall–Kier alpha value is -2.52. The van der Waals surface area contributed by atoms with Gasteiger partial charge in [0.15, 0.2) is 0 Å². The molecule has 306 valence electrons. The van der Waals surface area contributed by atoms with Crippen LogP contribution < -0.4 is 10.6 Å². The number of amides is 4. The molecule has 4 aliphatic carbocycles. The summed E-state index contributed by atoms with van der Waals surface area (Å²) < 4.78 is 0. The number of nitrogens with zero attached hydrogens (tertiary/aromatic N) is 6. The van der Waals surface area contributed by atoms with Crippen LogP contribution in [-0.2, 0) is 0 Å². The van der Waals surface area contributed by atoms with Crippen molar-refractivity contribution < 1.29 is 9.59 Å². The highest BCUT2D eigenvalue weighted by molar-refractivity contribution is 5.97. The standard InChI is InChI=1S/C44H78N8O2/c53-43(51(39-27-13-5-14-28-39)41(49-33-19-7-20-34-49)47-37-23-9-3-10-24-37)45-31-17-1-2-18-32-46-44(54)52(40-29-15-6-16-30-40)42(50-35-21-8-22-36-50)48-38-25-11-4-12-26-38/h37-40H,1-36H2,(H,45,53)(H,46,54). The van der Waals surface area contributed by atoms with E-state index in [4.69, 9.17) is 9.98 Å². The largest absolute Gasteiger partial charge is 0.342 e. The van der Waals surface area contributed by atoms with Crippen LogP contribution in [0.2, 0.25) is 0 Å². The molecule has 0 aromatic carbocycles. The van der Waals surface area contributed by atoms with Crippen LogP contribution in [0, 0.1) is 0 Å². The third-order valence-corrected chi connectivity index (χ3v) is 13.4. The average Bonchev–Trinajstić information content (AvgIpc) is 3.23. The predicted molar refractivity (Wildman–Crippen MR) is 222 cm³/mol. The van der Waals surface area contributed by atoms with Crippen LogP contribution in [0.1, 0.15) is 193 Å². The van der Waals surface area contributed by atoms with E-state index in [1.54, 1.807) is 0 Å². The lowest BCUT2D eigenvalue weighted by atomic mass is 9.94. The molecular weight excluding hydrogens is 673 g/mol. The van der Waals surface area contributed by atoms with E-state index >= 15 is 0 Å². The van der Waals surface area contributed by atoms with Gasteiger partial charge in [0.05, 0.1) is 12.1 Å². The minimum atomic E-state index is 0.0662. The van der Waals surface area contributed by atoms with Gasteiger partial charge in [-0.1, -0.05) is 89.9 Å². The van der Waals surface area contributed by atoms with Crippen LogP contribution in [0.4, 0.5) is 9.59 Å². The predicted octanol–water partition coefficient (Wildman–Crippen LogP) is 9.58. The van der Waals surface area contributed by atoms with Gasteiger partial charge >= 0.3 is 12.1 Å². The molecule has 0 bridgehead atoms. The topological polar surface area (TPSA) is 95.9 Å². The molecule has 2 saturated heterocycles. The molecule has 2 N–H and O–H groups in total. The maximum absolute atomic E-state index is 14.1. The fourth-order valence-corrected chi connectivity index (χ4v) is 10.2. The number of carbonyl (C=O) groups is 2. The molecule has 10 nitrogen and oxygen atoms in total. The van der Waals surface area contributed by atoms with Crippen LogP contribution in [0.15, 0.2) is 9.98 Å². The lowest BCUT2D eigenvalue weighted by molar-refractivity contribution is 0.178. The molecule has 4 amide bonds. The Kier molecular flexibility index (Phi) is 17.4. The second kappa shape index (κ2) is 22.9. The summed E-state index contributed by atoms with van der Waals surface area (Å²) in [5, 5.41) is 6.72. The lowest BCUT2D eigenvalue weighted by Gasteiger charge is -2.41. The first-order valence-corrected chi connectivity index (χ1v) is 23.5. The van der Waals surface area contributed by atoms with Crippen molar-refractivity contribution in [2.45, 2.75) is 217 Å². The minimum absolute atomic E-state index is 0.0662. The van der Waals surface area contributed by atoms with Crippen molar-refractivity contribution in [1.82, 2.24) is 30.2 Å². The van der Waals surface area contributed by atoms with Crippen LogP contribution >= 0.6 is 0 Å². The Morgan fingerprint density at radius 1 is 0.426 bits per heavy atom. The molecule has 0 atom stereocenters. The van der Waals surface area contributed by atoms with Crippen molar-refractivity contribution in [3.05, 3.63) is 0 Å². The van der Waals surface area contributed by atoms with Gasteiger partial charge in [-0.25, -0.2) is 19.6 Å². The fraction of sp³-hybridized carbons (Fsp3) is 0.909. The maximum Gasteiger partial charge on any atom is 0.324 e. The molecule has 4 saturated carbocycles. The maximum atomic E-state index is 14.1. The van der Waals surface area contributed by atoms with Crippen LogP contribution in [0.3, 0.4) is 0 Å². The second-order valence-electron chi connectivity index (χ2n) is 17.7. The van der Waals surface area contributed by atoms with Crippen LogP contribution in [-0.4, -0.2) is 107 Å². The van der Waals surface area contributed by atoms with Crippen molar-refractivity contribution in [3.63, 3.8) is 0 Å². The number of nitrogens with one attached hydrogen (secondary N) is 2. The van der Waals surface area contributed by atoms with Crippen molar-refractivity contribution in [1.29, 1.82) is 0 Å². The molecular formula is C44H78N8O2. The molecule has 0 radical (unpaired) electrons. The SMILES string of the molecule is O=C(NCCCCCCNC(=O)N(C(=NC1CCCCC1)N1CCCCC1)C1CCCCC1)N(C(=NC1CCCCC1)N1CCCCC1)C1CCCCC1. The summed E-state index contributed by atoms with van der Waals surface area (Å²) in [7, 11) is 0. The van der Waals surface area contributed by atoms with E-state index in [0.29, 0.717) is 25.2 Å². The number of rotatable bonds is 11. The molecule has 0 spiro atoms. The van der Waals surface area contributed by atoms with Gasteiger partial charge in [0.1, 0.15) is 0 Å². The number of hydrogen-bond acceptors (Lipinski definition) is 4. The van der Waals surface area contributed by atoms with Gasteiger partial charge in [-0.15, -0.1) is 0 Å². The number of carbonyl (C=O) groups excluding carboxylic acids is 2. The first-order chi connectivity index (χ1) is 26.7. The molecule has 6 aliphatic rings. The summed E-state index contributed by atoms with van der Waals surface area (Å²) >= 11 is 0. The Morgan fingerprint density at radius 2 is 0.741 bits per heavy atom. The van der Waals surface area contributed by atoms with Gasteiger partial charge in [-0.3, -0.25) is 9.80 Å². The quantitative estimate of drug-likeness (QED) is 0.125. The van der Waals surface area contributed by atoms with Crippen molar-refractivity contribution >= 4 is 24.0 Å². The zero-order chi connectivity index (χ0) is 37.2. The van der Waals surface area contributed by atoms with Gasteiger partial charge in [0.25, 0.3) is 0 Å². The Balaban J connectivity index is 0.999. The van der Waals surface area contributed by atoms with E-state index in [-0.39, 0.29) is 24.1 Å². The molecule has 0 unspecified atom stereocenters. The number of piperidine rings is 2. The van der Waals surface area contributed by atoms with E-state index in [1.807, 2.05) is 0 Å². The average molecular weight is 751 g/mol. The Morgan fingerprint density at radius 3 is 1.09 bits per heavy atom. The van der Waals surface area contributed by atoms with E-state index in [0.717, 1.165) is 115 Å². The zero-order valence-corrected chi connectivity index (χ0v) is 34.3. The van der Waals surface area contributed by atoms with Crippen molar-refractivity contribution in [2.24, 2.45) is 9.98 Å². The zero-order valence-electron chi connectivity index (χ0n) is 34.3. The van der Waals surface area contributed by atoms with Gasteiger partial charge in [-0.2, -0.15) is 0 Å². The number of unbranched alkanes of at least 4 members (excludes halogenated alkanes) is 3. The third kappa shape index (κ3) is 12.5. The molecule has 0 aromatic rings. The summed E-state index contributed by atoms with van der Waals surface area (Å²) in [5.74, 6) is 1.97. The van der Waals surface area contributed by atoms with E-state index in [2.05, 4.69) is 30.2 Å². The highest BCUT2D eigenvalue weighted by Crippen LogP contribution is 2.29. The fourth-order valence-electron chi connectivity index (χ4n) is 10.2. The molecule has 6 rings (SSSR count). The number of likely N-dealkylation sites (tertiary alicyclic amines) is 2. The van der Waals surface area contributed by atoms with Crippen molar-refractivity contribution in [2.75, 3.05) is 39.3 Å². The minimum Gasteiger partial charge on any atom is -0.342 e. The van der Waals surface area contributed by atoms with Gasteiger partial charge < -0.3 is 20.4 Å². The Bertz CT molecular complexity index is 1070. The summed E-state index contributed by atoms with van der Waals surface area (Å²) in [6, 6.07) is 1.34. The summed E-state index contributed by atoms with van der Waals surface area (Å²) in [6.45, 7) is 5.45. The second-order valence-corrected chi connectivity index (χ2v) is 17.7. The summed E-state index contributed by atoms with van der Waals surface area (Å²) in [6.07, 6.45) is 35.3.